The van der Waals surface area contributed by atoms with Gasteiger partial charge in [-0.1, -0.05) is 6.07 Å². The van der Waals surface area contributed by atoms with Crippen LogP contribution in [0, 0.1) is 0 Å². The molecule has 0 aliphatic heterocycles. The normalized spacial score (nSPS) is 16.0. The molecule has 1 saturated carbocycles. The minimum absolute atomic E-state index is 0.813. The smallest absolute Gasteiger partial charge is 0.0814 e. The van der Waals surface area contributed by atoms with E-state index in [-0.39, 0.29) is 0 Å². The number of nitrogens with zero attached hydrogens (tertiary/aromatic N) is 1. The highest BCUT2D eigenvalue weighted by Gasteiger charge is 2.19. The number of benzene rings is 1. The van der Waals surface area contributed by atoms with Crippen LogP contribution in [0.15, 0.2) is 23.7 Å². The molecule has 1 aromatic carbocycles. The van der Waals surface area contributed by atoms with Gasteiger partial charge in [0.1, 0.15) is 0 Å². The molecule has 0 unspecified atom stereocenters. The number of rotatable bonds is 4. The number of fused-ring (bicyclic) bond motifs is 1. The zero-order chi connectivity index (χ0) is 10.1. The molecular formula is C12H14N2S. The monoisotopic (exact) mass is 218 g/mol. The van der Waals surface area contributed by atoms with Gasteiger partial charge in [-0.15, -0.1) is 11.3 Å². The average Bonchev–Trinajstić information content (AvgIpc) is 2.95. The summed E-state index contributed by atoms with van der Waals surface area (Å²) in [7, 11) is 0. The molecule has 1 aliphatic carbocycles. The van der Waals surface area contributed by atoms with Crippen molar-refractivity contribution in [2.45, 2.75) is 25.3 Å². The van der Waals surface area contributed by atoms with Gasteiger partial charge in [0.25, 0.3) is 0 Å². The van der Waals surface area contributed by atoms with E-state index in [0.29, 0.717) is 0 Å². The van der Waals surface area contributed by atoms with Crippen LogP contribution in [0.4, 0.5) is 0 Å². The Bertz CT molecular complexity index is 459. The summed E-state index contributed by atoms with van der Waals surface area (Å²) in [6, 6.07) is 7.42. The zero-order valence-corrected chi connectivity index (χ0v) is 9.39. The maximum atomic E-state index is 4.33. The topological polar surface area (TPSA) is 24.9 Å². The molecule has 0 amide bonds. The van der Waals surface area contributed by atoms with Gasteiger partial charge < -0.3 is 5.32 Å². The first-order valence-electron chi connectivity index (χ1n) is 5.47. The van der Waals surface area contributed by atoms with Gasteiger partial charge in [-0.2, -0.15) is 0 Å². The summed E-state index contributed by atoms with van der Waals surface area (Å²) in [5, 5.41) is 3.53. The molecule has 1 N–H and O–H groups in total. The Balaban J connectivity index is 1.67. The fourth-order valence-electron chi connectivity index (χ4n) is 1.77. The molecule has 2 nitrogen and oxygen atoms in total. The van der Waals surface area contributed by atoms with E-state index in [0.717, 1.165) is 24.5 Å². The highest BCUT2D eigenvalue weighted by Crippen LogP contribution is 2.20. The highest BCUT2D eigenvalue weighted by atomic mass is 32.1. The maximum absolute atomic E-state index is 4.33. The van der Waals surface area contributed by atoms with Crippen LogP contribution in [-0.4, -0.2) is 17.6 Å². The first kappa shape index (κ1) is 9.31. The molecule has 0 bridgehead atoms. The van der Waals surface area contributed by atoms with Crippen molar-refractivity contribution in [3.05, 3.63) is 29.3 Å². The van der Waals surface area contributed by atoms with Gasteiger partial charge in [-0.25, -0.2) is 4.98 Å². The SMILES string of the molecule is c1nc2cc(CCNC3CC3)ccc2s1. The van der Waals surface area contributed by atoms with Crippen LogP contribution in [0.3, 0.4) is 0 Å². The van der Waals surface area contributed by atoms with Gasteiger partial charge in [0.05, 0.1) is 15.7 Å². The second-order valence-electron chi connectivity index (χ2n) is 4.13. The molecule has 3 heteroatoms. The first-order chi connectivity index (χ1) is 7.42. The van der Waals surface area contributed by atoms with Crippen molar-refractivity contribution < 1.29 is 0 Å². The molecule has 3 rings (SSSR count). The van der Waals surface area contributed by atoms with Crippen LogP contribution >= 0.6 is 11.3 Å². The van der Waals surface area contributed by atoms with Crippen molar-refractivity contribution in [3.8, 4) is 0 Å². The molecule has 1 aromatic heterocycles. The van der Waals surface area contributed by atoms with Gasteiger partial charge in [-0.3, -0.25) is 0 Å². The Morgan fingerprint density at radius 2 is 2.33 bits per heavy atom. The van der Waals surface area contributed by atoms with Gasteiger partial charge in [0.15, 0.2) is 0 Å². The third kappa shape index (κ3) is 2.19. The Hall–Kier alpha value is -0.930. The third-order valence-electron chi connectivity index (χ3n) is 2.82. The minimum atomic E-state index is 0.813. The van der Waals surface area contributed by atoms with Crippen molar-refractivity contribution in [1.82, 2.24) is 10.3 Å². The van der Waals surface area contributed by atoms with Crippen LogP contribution in [0.25, 0.3) is 10.2 Å². The van der Waals surface area contributed by atoms with Gasteiger partial charge >= 0.3 is 0 Å². The lowest BCUT2D eigenvalue weighted by Gasteiger charge is -2.02. The Morgan fingerprint density at radius 1 is 1.40 bits per heavy atom. The van der Waals surface area contributed by atoms with E-state index >= 15 is 0 Å². The van der Waals surface area contributed by atoms with Crippen LogP contribution in [0.1, 0.15) is 18.4 Å². The van der Waals surface area contributed by atoms with Gasteiger partial charge in [-0.05, 0) is 43.5 Å². The first-order valence-corrected chi connectivity index (χ1v) is 6.35. The Labute approximate surface area is 93.3 Å². The fraction of sp³-hybridized carbons (Fsp3) is 0.417. The second-order valence-corrected chi connectivity index (χ2v) is 5.02. The number of aromatic nitrogens is 1. The van der Waals surface area contributed by atoms with Crippen LogP contribution in [-0.2, 0) is 6.42 Å². The van der Waals surface area contributed by atoms with E-state index < -0.39 is 0 Å². The molecule has 0 radical (unpaired) electrons. The van der Waals surface area contributed by atoms with E-state index in [4.69, 9.17) is 0 Å². The average molecular weight is 218 g/mol. The third-order valence-corrected chi connectivity index (χ3v) is 3.63. The van der Waals surface area contributed by atoms with Crippen molar-refractivity contribution in [3.63, 3.8) is 0 Å². The van der Waals surface area contributed by atoms with E-state index in [2.05, 4.69) is 28.5 Å². The molecule has 2 aromatic rings. The Kier molecular flexibility index (Phi) is 2.43. The standard InChI is InChI=1S/C12H14N2S/c1-4-12-11(14-8-15-12)7-9(1)5-6-13-10-2-3-10/h1,4,7-8,10,13H,2-3,5-6H2. The molecule has 1 heterocycles. The summed E-state index contributed by atoms with van der Waals surface area (Å²) in [5.41, 5.74) is 4.45. The quantitative estimate of drug-likeness (QED) is 0.853. The highest BCUT2D eigenvalue weighted by molar-refractivity contribution is 7.16. The van der Waals surface area contributed by atoms with E-state index in [1.165, 1.54) is 23.1 Å². The number of thiazole rings is 1. The molecule has 1 fully saturated rings. The Morgan fingerprint density at radius 3 is 3.20 bits per heavy atom. The lowest BCUT2D eigenvalue weighted by Crippen LogP contribution is -2.19. The molecule has 15 heavy (non-hydrogen) atoms. The summed E-state index contributed by atoms with van der Waals surface area (Å²) in [6.45, 7) is 1.10. The van der Waals surface area contributed by atoms with Gasteiger partial charge in [0.2, 0.25) is 0 Å². The largest absolute Gasteiger partial charge is 0.314 e. The van der Waals surface area contributed by atoms with Crippen molar-refractivity contribution >= 4 is 21.6 Å². The van der Waals surface area contributed by atoms with E-state index in [1.807, 2.05) is 5.51 Å². The lowest BCUT2D eigenvalue weighted by molar-refractivity contribution is 0.682. The molecule has 78 valence electrons. The second kappa shape index (κ2) is 3.91. The molecule has 0 atom stereocenters. The van der Waals surface area contributed by atoms with Crippen LogP contribution in [0.2, 0.25) is 0 Å². The predicted octanol–water partition coefficient (Wildman–Crippen LogP) is 2.59. The summed E-state index contributed by atoms with van der Waals surface area (Å²) in [6.07, 6.45) is 3.85. The number of hydrogen-bond acceptors (Lipinski definition) is 3. The van der Waals surface area contributed by atoms with Crippen LogP contribution in [0.5, 0.6) is 0 Å². The molecule has 0 saturated heterocycles. The predicted molar refractivity (Wildman–Crippen MR) is 64.3 cm³/mol. The molecular weight excluding hydrogens is 204 g/mol. The summed E-state index contributed by atoms with van der Waals surface area (Å²) in [5.74, 6) is 0. The molecule has 1 aliphatic rings. The lowest BCUT2D eigenvalue weighted by atomic mass is 10.1. The van der Waals surface area contributed by atoms with E-state index in [1.54, 1.807) is 11.3 Å². The van der Waals surface area contributed by atoms with Crippen LogP contribution < -0.4 is 5.32 Å². The van der Waals surface area contributed by atoms with Crippen molar-refractivity contribution in [1.29, 1.82) is 0 Å². The fourth-order valence-corrected chi connectivity index (χ4v) is 2.43. The van der Waals surface area contributed by atoms with Crippen molar-refractivity contribution in [2.24, 2.45) is 0 Å². The molecule has 0 spiro atoms. The summed E-state index contributed by atoms with van der Waals surface area (Å²) >= 11 is 1.71. The zero-order valence-electron chi connectivity index (χ0n) is 8.57. The summed E-state index contributed by atoms with van der Waals surface area (Å²) in [4.78, 5) is 4.33. The number of hydrogen-bond donors (Lipinski definition) is 1. The van der Waals surface area contributed by atoms with Gasteiger partial charge in [0, 0.05) is 6.04 Å². The number of nitrogens with one attached hydrogen (secondary N) is 1. The van der Waals surface area contributed by atoms with Crippen molar-refractivity contribution in [2.75, 3.05) is 6.54 Å². The minimum Gasteiger partial charge on any atom is -0.314 e. The maximum Gasteiger partial charge on any atom is 0.0814 e. The van der Waals surface area contributed by atoms with E-state index in [9.17, 15) is 0 Å². The summed E-state index contributed by atoms with van der Waals surface area (Å²) < 4.78 is 1.29.